The van der Waals surface area contributed by atoms with Crippen LogP contribution >= 0.6 is 11.6 Å². The Morgan fingerprint density at radius 1 is 1.30 bits per heavy atom. The number of aromatic nitrogens is 1. The van der Waals surface area contributed by atoms with Gasteiger partial charge in [0.05, 0.1) is 17.8 Å². The Morgan fingerprint density at radius 2 is 2.00 bits per heavy atom. The molecule has 0 aliphatic carbocycles. The molecule has 1 aromatic heterocycles. The van der Waals surface area contributed by atoms with Gasteiger partial charge in [0.25, 0.3) is 0 Å². The molecule has 0 saturated heterocycles. The molecule has 104 valence electrons. The Bertz CT molecular complexity index is 614. The molecule has 4 nitrogen and oxygen atoms in total. The van der Waals surface area contributed by atoms with E-state index in [1.807, 2.05) is 30.3 Å². The van der Waals surface area contributed by atoms with Crippen molar-refractivity contribution in [2.45, 2.75) is 13.5 Å². The fraction of sp³-hybridized carbons (Fsp3) is 0.200. The highest BCUT2D eigenvalue weighted by molar-refractivity contribution is 6.32. The van der Waals surface area contributed by atoms with Gasteiger partial charge >= 0.3 is 5.97 Å². The maximum Gasteiger partial charge on any atom is 0.303 e. The summed E-state index contributed by atoms with van der Waals surface area (Å²) in [7, 11) is 1.50. The summed E-state index contributed by atoms with van der Waals surface area (Å²) in [6.07, 6.45) is 0. The molecule has 5 heteroatoms. The predicted molar refractivity (Wildman–Crippen MR) is 76.7 cm³/mol. The molecule has 0 unspecified atom stereocenters. The smallest absolute Gasteiger partial charge is 0.303 e. The monoisotopic (exact) mass is 291 g/mol. The lowest BCUT2D eigenvalue weighted by atomic mass is 10.1. The molecule has 0 radical (unpaired) electrons. The number of carbonyl (C=O) groups excluding carboxylic acids is 1. The summed E-state index contributed by atoms with van der Waals surface area (Å²) >= 11 is 6.19. The zero-order valence-corrected chi connectivity index (χ0v) is 12.0. The highest BCUT2D eigenvalue weighted by atomic mass is 35.5. The van der Waals surface area contributed by atoms with Gasteiger partial charge in [-0.15, -0.1) is 0 Å². The summed E-state index contributed by atoms with van der Waals surface area (Å²) in [5, 5.41) is 0.434. The van der Waals surface area contributed by atoms with Crippen LogP contribution in [0.15, 0.2) is 36.4 Å². The van der Waals surface area contributed by atoms with Gasteiger partial charge in [0, 0.05) is 12.5 Å². The number of benzene rings is 1. The maximum absolute atomic E-state index is 10.9. The van der Waals surface area contributed by atoms with E-state index in [0.29, 0.717) is 22.2 Å². The van der Waals surface area contributed by atoms with Gasteiger partial charge in [-0.25, -0.2) is 4.98 Å². The second-order valence-corrected chi connectivity index (χ2v) is 4.52. The van der Waals surface area contributed by atoms with Crippen molar-refractivity contribution in [3.8, 4) is 17.0 Å². The average Bonchev–Trinajstić information content (AvgIpc) is 2.45. The normalized spacial score (nSPS) is 10.2. The molecule has 0 bridgehead atoms. The number of rotatable bonds is 4. The first-order valence-corrected chi connectivity index (χ1v) is 6.42. The maximum atomic E-state index is 10.9. The molecule has 2 aromatic rings. The zero-order valence-electron chi connectivity index (χ0n) is 11.2. The molecule has 0 saturated carbocycles. The fourth-order valence-electron chi connectivity index (χ4n) is 1.79. The SMILES string of the molecule is COc1c(Cl)cc(-c2ccccc2)nc1COC(C)=O. The van der Waals surface area contributed by atoms with E-state index in [2.05, 4.69) is 4.98 Å². The molecule has 0 aliphatic rings. The predicted octanol–water partition coefficient (Wildman–Crippen LogP) is 3.47. The molecule has 0 N–H and O–H groups in total. The molecule has 1 heterocycles. The summed E-state index contributed by atoms with van der Waals surface area (Å²) in [6.45, 7) is 1.37. The topological polar surface area (TPSA) is 48.4 Å². The number of halogens is 1. The lowest BCUT2D eigenvalue weighted by Crippen LogP contribution is -2.04. The molecule has 0 fully saturated rings. The van der Waals surface area contributed by atoms with Crippen molar-refractivity contribution in [1.82, 2.24) is 4.98 Å². The molecule has 0 amide bonds. The summed E-state index contributed by atoms with van der Waals surface area (Å²) in [6, 6.07) is 11.4. The lowest BCUT2D eigenvalue weighted by molar-refractivity contribution is -0.142. The van der Waals surface area contributed by atoms with Crippen LogP contribution in [-0.4, -0.2) is 18.1 Å². The number of pyridine rings is 1. The zero-order chi connectivity index (χ0) is 14.5. The third-order valence-electron chi connectivity index (χ3n) is 2.68. The van der Waals surface area contributed by atoms with Gasteiger partial charge < -0.3 is 9.47 Å². The average molecular weight is 292 g/mol. The summed E-state index contributed by atoms with van der Waals surface area (Å²) in [4.78, 5) is 15.4. The number of ether oxygens (including phenoxy) is 2. The van der Waals surface area contributed by atoms with Gasteiger partial charge in [-0.1, -0.05) is 41.9 Å². The first kappa shape index (κ1) is 14.3. The molecule has 20 heavy (non-hydrogen) atoms. The third kappa shape index (κ3) is 3.27. The van der Waals surface area contributed by atoms with Crippen molar-refractivity contribution in [3.05, 3.63) is 47.1 Å². The number of hydrogen-bond donors (Lipinski definition) is 0. The van der Waals surface area contributed by atoms with Crippen LogP contribution in [0, 0.1) is 0 Å². The molecular weight excluding hydrogens is 278 g/mol. The molecule has 0 spiro atoms. The standard InChI is InChI=1S/C15H14ClNO3/c1-10(18)20-9-14-15(19-2)12(16)8-13(17-14)11-6-4-3-5-7-11/h3-8H,9H2,1-2H3. The molecular formula is C15H14ClNO3. The van der Waals surface area contributed by atoms with Gasteiger partial charge in [-0.3, -0.25) is 4.79 Å². The van der Waals surface area contributed by atoms with E-state index in [0.717, 1.165) is 5.56 Å². The van der Waals surface area contributed by atoms with Crippen molar-refractivity contribution in [1.29, 1.82) is 0 Å². The van der Waals surface area contributed by atoms with Crippen molar-refractivity contribution in [2.75, 3.05) is 7.11 Å². The van der Waals surface area contributed by atoms with Crippen LogP contribution in [0.5, 0.6) is 5.75 Å². The number of carbonyl (C=O) groups is 1. The first-order valence-electron chi connectivity index (χ1n) is 6.04. The molecule has 0 aliphatic heterocycles. The van der Waals surface area contributed by atoms with Crippen molar-refractivity contribution in [3.63, 3.8) is 0 Å². The van der Waals surface area contributed by atoms with Gasteiger partial charge in [0.2, 0.25) is 0 Å². The highest BCUT2D eigenvalue weighted by Crippen LogP contribution is 2.32. The highest BCUT2D eigenvalue weighted by Gasteiger charge is 2.14. The summed E-state index contributed by atoms with van der Waals surface area (Å²) in [5.74, 6) is 0.0442. The van der Waals surface area contributed by atoms with E-state index in [4.69, 9.17) is 21.1 Å². The van der Waals surface area contributed by atoms with Crippen molar-refractivity contribution in [2.24, 2.45) is 0 Å². The van der Waals surface area contributed by atoms with Gasteiger partial charge in [-0.05, 0) is 6.07 Å². The van der Waals surface area contributed by atoms with Gasteiger partial charge in [0.15, 0.2) is 5.75 Å². The lowest BCUT2D eigenvalue weighted by Gasteiger charge is -2.12. The molecule has 1 aromatic carbocycles. The van der Waals surface area contributed by atoms with Crippen LogP contribution in [0.4, 0.5) is 0 Å². The molecule has 2 rings (SSSR count). The third-order valence-corrected chi connectivity index (χ3v) is 2.96. The fourth-order valence-corrected chi connectivity index (χ4v) is 2.08. The van der Waals surface area contributed by atoms with Crippen molar-refractivity contribution >= 4 is 17.6 Å². The van der Waals surface area contributed by atoms with Crippen LogP contribution in [-0.2, 0) is 16.1 Å². The van der Waals surface area contributed by atoms with E-state index in [1.54, 1.807) is 6.07 Å². The summed E-state index contributed by atoms with van der Waals surface area (Å²) < 4.78 is 10.2. The van der Waals surface area contributed by atoms with E-state index in [1.165, 1.54) is 14.0 Å². The summed E-state index contributed by atoms with van der Waals surface area (Å²) in [5.41, 5.74) is 2.13. The van der Waals surface area contributed by atoms with Crippen LogP contribution in [0.1, 0.15) is 12.6 Å². The molecule has 0 atom stereocenters. The van der Waals surface area contributed by atoms with E-state index >= 15 is 0 Å². The Balaban J connectivity index is 2.43. The van der Waals surface area contributed by atoms with Crippen LogP contribution < -0.4 is 4.74 Å². The number of esters is 1. The quantitative estimate of drug-likeness (QED) is 0.809. The number of nitrogens with zero attached hydrogens (tertiary/aromatic N) is 1. The minimum Gasteiger partial charge on any atom is -0.493 e. The Kier molecular flexibility index (Phi) is 4.58. The van der Waals surface area contributed by atoms with E-state index in [-0.39, 0.29) is 12.6 Å². The number of methoxy groups -OCH3 is 1. The Morgan fingerprint density at radius 3 is 2.60 bits per heavy atom. The van der Waals surface area contributed by atoms with E-state index < -0.39 is 0 Å². The van der Waals surface area contributed by atoms with Crippen LogP contribution in [0.3, 0.4) is 0 Å². The second kappa shape index (κ2) is 6.39. The van der Waals surface area contributed by atoms with Gasteiger partial charge in [0.1, 0.15) is 12.3 Å². The Hall–Kier alpha value is -2.07. The first-order chi connectivity index (χ1) is 9.61. The second-order valence-electron chi connectivity index (χ2n) is 4.12. The minimum absolute atomic E-state index is 0.0267. The number of hydrogen-bond acceptors (Lipinski definition) is 4. The van der Waals surface area contributed by atoms with Crippen LogP contribution in [0.25, 0.3) is 11.3 Å². The van der Waals surface area contributed by atoms with E-state index in [9.17, 15) is 4.79 Å². The van der Waals surface area contributed by atoms with Gasteiger partial charge in [-0.2, -0.15) is 0 Å². The largest absolute Gasteiger partial charge is 0.493 e. The van der Waals surface area contributed by atoms with Crippen LogP contribution in [0.2, 0.25) is 5.02 Å². The minimum atomic E-state index is -0.380. The Labute approximate surface area is 122 Å². The van der Waals surface area contributed by atoms with Crippen molar-refractivity contribution < 1.29 is 14.3 Å².